The van der Waals surface area contributed by atoms with Crippen molar-refractivity contribution >= 4 is 27.5 Å². The number of anilines is 1. The molecule has 2 N–H and O–H groups in total. The minimum atomic E-state index is -3.15. The van der Waals surface area contributed by atoms with Crippen LogP contribution in [0.15, 0.2) is 24.3 Å². The highest BCUT2D eigenvalue weighted by atomic mass is 32.2. The number of rotatable bonds is 4. The fourth-order valence-electron chi connectivity index (χ4n) is 2.59. The third-order valence-corrected chi connectivity index (χ3v) is 5.41. The van der Waals surface area contributed by atoms with Crippen LogP contribution in [0, 0.1) is 12.8 Å². The van der Waals surface area contributed by atoms with Crippen molar-refractivity contribution in [1.29, 1.82) is 0 Å². The van der Waals surface area contributed by atoms with Gasteiger partial charge in [-0.05, 0) is 37.8 Å². The second kappa shape index (κ2) is 7.76. The summed E-state index contributed by atoms with van der Waals surface area (Å²) >= 11 is 0. The van der Waals surface area contributed by atoms with Gasteiger partial charge in [0.05, 0.1) is 6.26 Å². The van der Waals surface area contributed by atoms with Crippen molar-refractivity contribution < 1.29 is 18.0 Å². The molecule has 8 heteroatoms. The summed E-state index contributed by atoms with van der Waals surface area (Å²) < 4.78 is 24.3. The molecule has 0 radical (unpaired) electrons. The number of hydrogen-bond donors (Lipinski definition) is 2. The SMILES string of the molecule is Cc1ccc(NC(=O)C(=O)NCC2CCN(S(C)(=O)=O)CC2)cc1. The summed E-state index contributed by atoms with van der Waals surface area (Å²) in [6.07, 6.45) is 2.55. The maximum absolute atomic E-state index is 11.9. The van der Waals surface area contributed by atoms with Gasteiger partial charge in [-0.3, -0.25) is 9.59 Å². The molecule has 1 aliphatic heterocycles. The van der Waals surface area contributed by atoms with Gasteiger partial charge in [0.1, 0.15) is 0 Å². The number of amides is 2. The lowest BCUT2D eigenvalue weighted by atomic mass is 9.98. The second-order valence-electron chi connectivity index (χ2n) is 6.14. The molecule has 0 aromatic heterocycles. The molecule has 1 aromatic carbocycles. The number of aryl methyl sites for hydroxylation is 1. The first-order valence-electron chi connectivity index (χ1n) is 7.86. The van der Waals surface area contributed by atoms with Crippen LogP contribution in [0.2, 0.25) is 0 Å². The van der Waals surface area contributed by atoms with Gasteiger partial charge in [-0.25, -0.2) is 12.7 Å². The molecule has 0 saturated carbocycles. The van der Waals surface area contributed by atoms with E-state index < -0.39 is 21.8 Å². The Morgan fingerprint density at radius 2 is 1.71 bits per heavy atom. The van der Waals surface area contributed by atoms with Crippen LogP contribution in [0.1, 0.15) is 18.4 Å². The zero-order chi connectivity index (χ0) is 17.7. The topological polar surface area (TPSA) is 95.6 Å². The molecule has 1 heterocycles. The van der Waals surface area contributed by atoms with Crippen LogP contribution in [0.25, 0.3) is 0 Å². The monoisotopic (exact) mass is 353 g/mol. The van der Waals surface area contributed by atoms with Gasteiger partial charge in [0.2, 0.25) is 10.0 Å². The van der Waals surface area contributed by atoms with Gasteiger partial charge in [-0.15, -0.1) is 0 Å². The Hall–Kier alpha value is -1.93. The Morgan fingerprint density at radius 1 is 1.12 bits per heavy atom. The number of nitrogens with zero attached hydrogens (tertiary/aromatic N) is 1. The molecule has 0 spiro atoms. The molecule has 0 aliphatic carbocycles. The lowest BCUT2D eigenvalue weighted by Gasteiger charge is -2.30. The Kier molecular flexibility index (Phi) is 5.95. The molecule has 1 aliphatic rings. The van der Waals surface area contributed by atoms with Crippen molar-refractivity contribution in [2.24, 2.45) is 5.92 Å². The normalized spacial score (nSPS) is 16.6. The summed E-state index contributed by atoms with van der Waals surface area (Å²) in [6, 6.07) is 7.18. The fraction of sp³-hybridized carbons (Fsp3) is 0.500. The number of benzene rings is 1. The maximum Gasteiger partial charge on any atom is 0.313 e. The van der Waals surface area contributed by atoms with E-state index in [2.05, 4.69) is 10.6 Å². The van der Waals surface area contributed by atoms with E-state index in [1.54, 1.807) is 12.1 Å². The third-order valence-electron chi connectivity index (χ3n) is 4.11. The molecule has 132 valence electrons. The van der Waals surface area contributed by atoms with Gasteiger partial charge in [0, 0.05) is 25.3 Å². The Labute approximate surface area is 142 Å². The number of sulfonamides is 1. The van der Waals surface area contributed by atoms with Crippen LogP contribution < -0.4 is 10.6 Å². The first-order valence-corrected chi connectivity index (χ1v) is 9.71. The van der Waals surface area contributed by atoms with E-state index in [4.69, 9.17) is 0 Å². The summed E-state index contributed by atoms with van der Waals surface area (Å²) in [7, 11) is -3.15. The predicted molar refractivity (Wildman–Crippen MR) is 92.0 cm³/mol. The maximum atomic E-state index is 11.9. The lowest BCUT2D eigenvalue weighted by Crippen LogP contribution is -2.43. The summed E-state index contributed by atoms with van der Waals surface area (Å²) in [6.45, 7) is 3.22. The van der Waals surface area contributed by atoms with E-state index in [0.29, 0.717) is 38.2 Å². The summed E-state index contributed by atoms with van der Waals surface area (Å²) in [5.74, 6) is -1.20. The highest BCUT2D eigenvalue weighted by Gasteiger charge is 2.25. The van der Waals surface area contributed by atoms with Crippen LogP contribution in [0.4, 0.5) is 5.69 Å². The molecule has 24 heavy (non-hydrogen) atoms. The van der Waals surface area contributed by atoms with E-state index in [0.717, 1.165) is 5.56 Å². The van der Waals surface area contributed by atoms with Gasteiger partial charge >= 0.3 is 11.8 Å². The van der Waals surface area contributed by atoms with Crippen molar-refractivity contribution in [2.45, 2.75) is 19.8 Å². The van der Waals surface area contributed by atoms with Crippen LogP contribution in [-0.4, -0.2) is 50.4 Å². The minimum absolute atomic E-state index is 0.180. The van der Waals surface area contributed by atoms with Gasteiger partial charge in [-0.2, -0.15) is 0 Å². The number of carbonyl (C=O) groups is 2. The van der Waals surface area contributed by atoms with E-state index in [1.807, 2.05) is 19.1 Å². The molecule has 0 bridgehead atoms. The number of hydrogen-bond acceptors (Lipinski definition) is 4. The molecule has 0 atom stereocenters. The number of carbonyl (C=O) groups excluding carboxylic acids is 2. The first-order chi connectivity index (χ1) is 11.3. The smallest absolute Gasteiger partial charge is 0.313 e. The quantitative estimate of drug-likeness (QED) is 0.780. The molecule has 2 amide bonds. The zero-order valence-corrected chi connectivity index (χ0v) is 14.7. The van der Waals surface area contributed by atoms with Crippen molar-refractivity contribution in [3.05, 3.63) is 29.8 Å². The van der Waals surface area contributed by atoms with Gasteiger partial charge in [0.15, 0.2) is 0 Å². The van der Waals surface area contributed by atoms with Crippen molar-refractivity contribution in [2.75, 3.05) is 31.2 Å². The Morgan fingerprint density at radius 3 is 2.25 bits per heavy atom. The third kappa shape index (κ3) is 5.31. The summed E-state index contributed by atoms with van der Waals surface area (Å²) in [5.41, 5.74) is 1.64. The minimum Gasteiger partial charge on any atom is -0.348 e. The molecular weight excluding hydrogens is 330 g/mol. The van der Waals surface area contributed by atoms with E-state index in [1.165, 1.54) is 10.6 Å². The van der Waals surface area contributed by atoms with Crippen LogP contribution in [0.3, 0.4) is 0 Å². The molecule has 0 unspecified atom stereocenters. The molecule has 1 fully saturated rings. The van der Waals surface area contributed by atoms with Crippen molar-refractivity contribution in [3.8, 4) is 0 Å². The lowest BCUT2D eigenvalue weighted by molar-refractivity contribution is -0.136. The van der Waals surface area contributed by atoms with Crippen LogP contribution in [0.5, 0.6) is 0 Å². The summed E-state index contributed by atoms with van der Waals surface area (Å²) in [5, 5.41) is 5.16. The molecule has 1 aromatic rings. The van der Waals surface area contributed by atoms with E-state index in [9.17, 15) is 18.0 Å². The van der Waals surface area contributed by atoms with Gasteiger partial charge in [-0.1, -0.05) is 17.7 Å². The van der Waals surface area contributed by atoms with Crippen molar-refractivity contribution in [3.63, 3.8) is 0 Å². The van der Waals surface area contributed by atoms with Gasteiger partial charge in [0.25, 0.3) is 0 Å². The zero-order valence-electron chi connectivity index (χ0n) is 13.9. The van der Waals surface area contributed by atoms with Gasteiger partial charge < -0.3 is 10.6 Å². The molecular formula is C16H23N3O4S. The largest absolute Gasteiger partial charge is 0.348 e. The Balaban J connectivity index is 1.75. The molecule has 1 saturated heterocycles. The Bertz CT molecular complexity index is 693. The average Bonchev–Trinajstić information content (AvgIpc) is 2.54. The van der Waals surface area contributed by atoms with E-state index >= 15 is 0 Å². The average molecular weight is 353 g/mol. The highest BCUT2D eigenvalue weighted by Crippen LogP contribution is 2.18. The summed E-state index contributed by atoms with van der Waals surface area (Å²) in [4.78, 5) is 23.7. The first kappa shape index (κ1) is 18.4. The number of nitrogens with one attached hydrogen (secondary N) is 2. The second-order valence-corrected chi connectivity index (χ2v) is 8.12. The number of piperidine rings is 1. The fourth-order valence-corrected chi connectivity index (χ4v) is 3.46. The van der Waals surface area contributed by atoms with Crippen molar-refractivity contribution in [1.82, 2.24) is 9.62 Å². The van der Waals surface area contributed by atoms with Crippen LogP contribution >= 0.6 is 0 Å². The predicted octanol–water partition coefficient (Wildman–Crippen LogP) is 0.721. The molecule has 2 rings (SSSR count). The highest BCUT2D eigenvalue weighted by molar-refractivity contribution is 7.88. The standard InChI is InChI=1S/C16H23N3O4S/c1-12-3-5-14(6-4-12)18-16(21)15(20)17-11-13-7-9-19(10-8-13)24(2,22)23/h3-6,13H,7-11H2,1-2H3,(H,17,20)(H,18,21). The van der Waals surface area contributed by atoms with E-state index in [-0.39, 0.29) is 5.92 Å². The molecule has 7 nitrogen and oxygen atoms in total. The van der Waals surface area contributed by atoms with Crippen LogP contribution in [-0.2, 0) is 19.6 Å².